The van der Waals surface area contributed by atoms with E-state index in [1.165, 1.54) is 12.8 Å². The number of methoxy groups -OCH3 is 1. The zero-order valence-electron chi connectivity index (χ0n) is 11.1. The number of ether oxygens (including phenoxy) is 1. The minimum absolute atomic E-state index is 0. The standard InChI is InChI=1S/C14H20N2O2.ClH/c1-18-9-10-2-4-12(5-3-10)14(17)16-13(8-15)11-6-7-11;/h2-5,11,13H,6-9,15H2,1H3,(H,16,17);1H. The Hall–Kier alpha value is -1.10. The summed E-state index contributed by atoms with van der Waals surface area (Å²) in [5.74, 6) is 0.535. The van der Waals surface area contributed by atoms with Crippen LogP contribution in [0.2, 0.25) is 0 Å². The third kappa shape index (κ3) is 4.49. The molecule has 1 aromatic carbocycles. The Kier molecular flexibility index (Phi) is 6.28. The van der Waals surface area contributed by atoms with Crippen molar-refractivity contribution in [2.75, 3.05) is 13.7 Å². The molecule has 1 atom stereocenters. The predicted octanol–water partition coefficient (Wildman–Crippen LogP) is 1.72. The van der Waals surface area contributed by atoms with Gasteiger partial charge in [0.25, 0.3) is 5.91 Å². The van der Waals surface area contributed by atoms with E-state index in [0.29, 0.717) is 24.6 Å². The van der Waals surface area contributed by atoms with Crippen LogP contribution in [-0.2, 0) is 11.3 Å². The molecule has 0 aromatic heterocycles. The van der Waals surface area contributed by atoms with Crippen molar-refractivity contribution in [3.63, 3.8) is 0 Å². The van der Waals surface area contributed by atoms with Gasteiger partial charge in [0.1, 0.15) is 0 Å². The highest BCUT2D eigenvalue weighted by Gasteiger charge is 2.31. The highest BCUT2D eigenvalue weighted by molar-refractivity contribution is 5.94. The van der Waals surface area contributed by atoms with Crippen molar-refractivity contribution in [2.24, 2.45) is 11.7 Å². The van der Waals surface area contributed by atoms with E-state index in [9.17, 15) is 4.79 Å². The smallest absolute Gasteiger partial charge is 0.251 e. The molecular weight excluding hydrogens is 264 g/mol. The maximum absolute atomic E-state index is 12.0. The van der Waals surface area contributed by atoms with Crippen LogP contribution in [0.3, 0.4) is 0 Å². The summed E-state index contributed by atoms with van der Waals surface area (Å²) in [4.78, 5) is 12.0. The highest BCUT2D eigenvalue weighted by Crippen LogP contribution is 2.32. The van der Waals surface area contributed by atoms with E-state index < -0.39 is 0 Å². The summed E-state index contributed by atoms with van der Waals surface area (Å²) in [5, 5.41) is 3.00. The van der Waals surface area contributed by atoms with Gasteiger partial charge in [-0.05, 0) is 36.5 Å². The molecule has 0 heterocycles. The molecule has 1 amide bonds. The second-order valence-corrected chi connectivity index (χ2v) is 4.78. The largest absolute Gasteiger partial charge is 0.380 e. The molecule has 1 fully saturated rings. The van der Waals surface area contributed by atoms with Crippen molar-refractivity contribution >= 4 is 18.3 Å². The second kappa shape index (κ2) is 7.48. The number of rotatable bonds is 6. The number of amides is 1. The predicted molar refractivity (Wildman–Crippen MR) is 77.4 cm³/mol. The zero-order chi connectivity index (χ0) is 13.0. The number of hydrogen-bond acceptors (Lipinski definition) is 3. The van der Waals surface area contributed by atoms with E-state index in [4.69, 9.17) is 10.5 Å². The molecule has 1 aliphatic rings. The Bertz CT molecular complexity index is 404. The molecule has 0 bridgehead atoms. The molecule has 1 aliphatic carbocycles. The van der Waals surface area contributed by atoms with Crippen LogP contribution in [0.15, 0.2) is 24.3 Å². The van der Waals surface area contributed by atoms with Crippen LogP contribution in [-0.4, -0.2) is 25.6 Å². The van der Waals surface area contributed by atoms with Gasteiger partial charge in [-0.25, -0.2) is 0 Å². The summed E-state index contributed by atoms with van der Waals surface area (Å²) in [6.45, 7) is 1.08. The molecule has 0 radical (unpaired) electrons. The maximum atomic E-state index is 12.0. The summed E-state index contributed by atoms with van der Waals surface area (Å²) < 4.78 is 5.03. The topological polar surface area (TPSA) is 64.3 Å². The van der Waals surface area contributed by atoms with Gasteiger partial charge < -0.3 is 15.8 Å². The number of nitrogens with one attached hydrogen (secondary N) is 1. The van der Waals surface area contributed by atoms with Gasteiger partial charge in [0, 0.05) is 25.3 Å². The summed E-state index contributed by atoms with van der Waals surface area (Å²) in [7, 11) is 1.65. The van der Waals surface area contributed by atoms with Gasteiger partial charge in [0.05, 0.1) is 6.61 Å². The number of carbonyl (C=O) groups is 1. The molecule has 19 heavy (non-hydrogen) atoms. The van der Waals surface area contributed by atoms with E-state index in [-0.39, 0.29) is 24.4 Å². The van der Waals surface area contributed by atoms with Crippen LogP contribution in [0.25, 0.3) is 0 Å². The minimum atomic E-state index is -0.0404. The monoisotopic (exact) mass is 284 g/mol. The average Bonchev–Trinajstić information content (AvgIpc) is 3.21. The van der Waals surface area contributed by atoms with E-state index in [1.807, 2.05) is 24.3 Å². The van der Waals surface area contributed by atoms with E-state index in [0.717, 1.165) is 5.56 Å². The molecule has 1 saturated carbocycles. The Morgan fingerprint density at radius 3 is 2.53 bits per heavy atom. The Labute approximate surface area is 120 Å². The molecule has 5 heteroatoms. The minimum Gasteiger partial charge on any atom is -0.380 e. The lowest BCUT2D eigenvalue weighted by molar-refractivity contribution is 0.0933. The first-order valence-corrected chi connectivity index (χ1v) is 6.33. The molecule has 4 nitrogen and oxygen atoms in total. The van der Waals surface area contributed by atoms with Crippen molar-refractivity contribution in [1.82, 2.24) is 5.32 Å². The third-order valence-electron chi connectivity index (χ3n) is 3.29. The number of benzene rings is 1. The second-order valence-electron chi connectivity index (χ2n) is 4.78. The SMILES string of the molecule is COCc1ccc(C(=O)NC(CN)C2CC2)cc1.Cl. The molecular formula is C14H21ClN2O2. The van der Waals surface area contributed by atoms with Crippen LogP contribution >= 0.6 is 12.4 Å². The van der Waals surface area contributed by atoms with Gasteiger partial charge in [-0.2, -0.15) is 0 Å². The van der Waals surface area contributed by atoms with Gasteiger partial charge in [-0.3, -0.25) is 4.79 Å². The van der Waals surface area contributed by atoms with Crippen LogP contribution in [0.4, 0.5) is 0 Å². The fourth-order valence-electron chi connectivity index (χ4n) is 2.04. The number of carbonyl (C=O) groups excluding carboxylic acids is 1. The lowest BCUT2D eigenvalue weighted by atomic mass is 10.1. The molecule has 2 rings (SSSR count). The van der Waals surface area contributed by atoms with Gasteiger partial charge in [-0.15, -0.1) is 12.4 Å². The van der Waals surface area contributed by atoms with Crippen molar-refractivity contribution in [3.8, 4) is 0 Å². The first-order valence-electron chi connectivity index (χ1n) is 6.33. The Morgan fingerprint density at radius 1 is 1.42 bits per heavy atom. The van der Waals surface area contributed by atoms with Crippen molar-refractivity contribution in [1.29, 1.82) is 0 Å². The van der Waals surface area contributed by atoms with E-state index in [1.54, 1.807) is 7.11 Å². The first kappa shape index (κ1) is 16.0. The van der Waals surface area contributed by atoms with E-state index in [2.05, 4.69) is 5.32 Å². The molecule has 106 valence electrons. The Balaban J connectivity index is 0.00000180. The van der Waals surface area contributed by atoms with Gasteiger partial charge >= 0.3 is 0 Å². The lowest BCUT2D eigenvalue weighted by Gasteiger charge is -2.16. The fraction of sp³-hybridized carbons (Fsp3) is 0.500. The van der Waals surface area contributed by atoms with Crippen molar-refractivity contribution in [3.05, 3.63) is 35.4 Å². The highest BCUT2D eigenvalue weighted by atomic mass is 35.5. The zero-order valence-corrected chi connectivity index (χ0v) is 11.9. The number of halogens is 1. The van der Waals surface area contributed by atoms with Crippen LogP contribution in [0.5, 0.6) is 0 Å². The Morgan fingerprint density at radius 2 is 2.05 bits per heavy atom. The van der Waals surface area contributed by atoms with Crippen molar-refractivity contribution in [2.45, 2.75) is 25.5 Å². The lowest BCUT2D eigenvalue weighted by Crippen LogP contribution is -2.41. The molecule has 3 N–H and O–H groups in total. The first-order chi connectivity index (χ1) is 8.74. The van der Waals surface area contributed by atoms with Crippen LogP contribution < -0.4 is 11.1 Å². The molecule has 0 saturated heterocycles. The fourth-order valence-corrected chi connectivity index (χ4v) is 2.04. The average molecular weight is 285 g/mol. The summed E-state index contributed by atoms with van der Waals surface area (Å²) >= 11 is 0. The molecule has 0 aliphatic heterocycles. The van der Waals surface area contributed by atoms with Crippen LogP contribution in [0, 0.1) is 5.92 Å². The maximum Gasteiger partial charge on any atom is 0.251 e. The van der Waals surface area contributed by atoms with Crippen LogP contribution in [0.1, 0.15) is 28.8 Å². The van der Waals surface area contributed by atoms with Gasteiger partial charge in [0.2, 0.25) is 0 Å². The molecule has 1 aromatic rings. The summed E-state index contributed by atoms with van der Waals surface area (Å²) in [5.41, 5.74) is 7.41. The number of nitrogens with two attached hydrogens (primary N) is 1. The summed E-state index contributed by atoms with van der Waals surface area (Å²) in [6, 6.07) is 7.59. The van der Waals surface area contributed by atoms with Crippen molar-refractivity contribution < 1.29 is 9.53 Å². The normalized spacial score (nSPS) is 15.5. The molecule has 0 spiro atoms. The quantitative estimate of drug-likeness (QED) is 0.836. The van der Waals surface area contributed by atoms with Gasteiger partial charge in [0.15, 0.2) is 0 Å². The third-order valence-corrected chi connectivity index (χ3v) is 3.29. The molecule has 1 unspecified atom stereocenters. The van der Waals surface area contributed by atoms with Gasteiger partial charge in [-0.1, -0.05) is 12.1 Å². The summed E-state index contributed by atoms with van der Waals surface area (Å²) in [6.07, 6.45) is 2.35. The van der Waals surface area contributed by atoms with E-state index >= 15 is 0 Å². The number of hydrogen-bond donors (Lipinski definition) is 2.